The van der Waals surface area contributed by atoms with Crippen molar-refractivity contribution in [2.45, 2.75) is 29.1 Å². The second-order valence-corrected chi connectivity index (χ2v) is 8.74. The quantitative estimate of drug-likeness (QED) is 0.730. The number of aldehydes is 1. The Balaban J connectivity index is 1.75. The number of ether oxygens (including phenoxy) is 2. The van der Waals surface area contributed by atoms with Gasteiger partial charge < -0.3 is 14.4 Å². The van der Waals surface area contributed by atoms with Crippen LogP contribution < -0.4 is 9.47 Å². The van der Waals surface area contributed by atoms with Gasteiger partial charge in [0.05, 0.1) is 18.0 Å². The molecule has 0 saturated carbocycles. The van der Waals surface area contributed by atoms with Crippen LogP contribution >= 0.6 is 11.8 Å². The van der Waals surface area contributed by atoms with Crippen LogP contribution in [0.1, 0.15) is 24.9 Å². The van der Waals surface area contributed by atoms with E-state index in [-0.39, 0.29) is 24.7 Å². The van der Waals surface area contributed by atoms with Crippen LogP contribution in [0.15, 0.2) is 18.2 Å². The summed E-state index contributed by atoms with van der Waals surface area (Å²) >= 11 is 1.32. The van der Waals surface area contributed by atoms with Gasteiger partial charge >= 0.3 is 0 Å². The predicted molar refractivity (Wildman–Crippen MR) is 94.4 cm³/mol. The number of likely N-dealkylation sites (N-methyl/N-ethyl adjacent to an activating group) is 2. The van der Waals surface area contributed by atoms with Crippen LogP contribution in [0.3, 0.4) is 0 Å². The molecule has 4 atom stereocenters. The number of hydrogen-bond donors (Lipinski definition) is 0. The second-order valence-electron chi connectivity index (χ2n) is 7.03. The summed E-state index contributed by atoms with van der Waals surface area (Å²) in [5.41, 5.74) is 0.899. The number of thioether (sulfide) groups is 1. The summed E-state index contributed by atoms with van der Waals surface area (Å²) in [4.78, 5) is 26.3. The molecule has 0 aromatic heterocycles. The zero-order chi connectivity index (χ0) is 18.7. The molecule has 3 heterocycles. The minimum absolute atomic E-state index is 0.136. The van der Waals surface area contributed by atoms with E-state index in [0.717, 1.165) is 11.8 Å². The van der Waals surface area contributed by atoms with Crippen molar-refractivity contribution in [3.8, 4) is 17.6 Å². The lowest BCUT2D eigenvalue weighted by Crippen LogP contribution is -2.47. The van der Waals surface area contributed by atoms with E-state index in [1.165, 1.54) is 16.7 Å². The molecule has 1 spiro atoms. The van der Waals surface area contributed by atoms with Crippen LogP contribution in [0, 0.1) is 17.2 Å². The van der Waals surface area contributed by atoms with Gasteiger partial charge in [0, 0.05) is 13.5 Å². The van der Waals surface area contributed by atoms with Gasteiger partial charge in [-0.1, -0.05) is 17.8 Å². The molecule has 0 radical (unpaired) electrons. The van der Waals surface area contributed by atoms with Gasteiger partial charge in [0.15, 0.2) is 22.7 Å². The van der Waals surface area contributed by atoms with Crippen molar-refractivity contribution in [3.05, 3.63) is 23.8 Å². The summed E-state index contributed by atoms with van der Waals surface area (Å²) in [6, 6.07) is 7.70. The maximum Gasteiger partial charge on any atom is 0.254 e. The molecule has 4 rings (SSSR count). The third-order valence-corrected chi connectivity index (χ3v) is 7.42. The Morgan fingerprint density at radius 1 is 1.35 bits per heavy atom. The van der Waals surface area contributed by atoms with E-state index < -0.39 is 9.74 Å². The number of carbonyl (C=O) groups is 2. The van der Waals surface area contributed by atoms with E-state index in [1.54, 1.807) is 14.0 Å². The lowest BCUT2D eigenvalue weighted by Gasteiger charge is -2.32. The van der Waals surface area contributed by atoms with E-state index in [2.05, 4.69) is 6.07 Å². The number of benzene rings is 1. The first-order valence-corrected chi connectivity index (χ1v) is 9.15. The Hall–Kier alpha value is -2.24. The van der Waals surface area contributed by atoms with Gasteiger partial charge in [0.1, 0.15) is 4.87 Å². The molecular formula is C18H19N3O4S. The number of hydrogen-bond acceptors (Lipinski definition) is 7. The lowest BCUT2D eigenvalue weighted by atomic mass is 9.94. The highest BCUT2D eigenvalue weighted by Gasteiger charge is 2.65. The summed E-state index contributed by atoms with van der Waals surface area (Å²) in [7, 11) is 3.49. The fourth-order valence-electron chi connectivity index (χ4n) is 4.09. The normalized spacial score (nSPS) is 35.9. The van der Waals surface area contributed by atoms with Gasteiger partial charge in [-0.15, -0.1) is 0 Å². The molecule has 3 aliphatic heterocycles. The first-order valence-electron chi connectivity index (χ1n) is 8.33. The van der Waals surface area contributed by atoms with Crippen molar-refractivity contribution in [2.75, 3.05) is 20.9 Å². The Morgan fingerprint density at radius 2 is 2.08 bits per heavy atom. The first kappa shape index (κ1) is 17.2. The Morgan fingerprint density at radius 3 is 2.73 bits per heavy atom. The van der Waals surface area contributed by atoms with Gasteiger partial charge in [-0.3, -0.25) is 14.5 Å². The Kier molecular flexibility index (Phi) is 3.72. The number of likely N-dealkylation sites (tertiary alicyclic amines) is 1. The number of amides is 1. The smallest absolute Gasteiger partial charge is 0.254 e. The maximum atomic E-state index is 13.1. The number of carbonyl (C=O) groups excluding carboxylic acids is 2. The molecule has 2 saturated heterocycles. The average Bonchev–Trinajstić information content (AvgIpc) is 3.27. The topological polar surface area (TPSA) is 82.9 Å². The largest absolute Gasteiger partial charge is 0.454 e. The minimum atomic E-state index is -0.935. The summed E-state index contributed by atoms with van der Waals surface area (Å²) in [6.45, 7) is 1.92. The van der Waals surface area contributed by atoms with Crippen LogP contribution in [0.4, 0.5) is 0 Å². The number of nitriles is 1. The third kappa shape index (κ3) is 2.10. The third-order valence-electron chi connectivity index (χ3n) is 5.67. The van der Waals surface area contributed by atoms with E-state index >= 15 is 0 Å². The highest BCUT2D eigenvalue weighted by Crippen LogP contribution is 2.59. The molecule has 1 aromatic carbocycles. The number of nitrogens with zero attached hydrogens (tertiary/aromatic N) is 3. The average molecular weight is 373 g/mol. The van der Waals surface area contributed by atoms with Crippen LogP contribution in [-0.4, -0.2) is 52.6 Å². The maximum absolute atomic E-state index is 13.1. The van der Waals surface area contributed by atoms with Crippen molar-refractivity contribution in [2.24, 2.45) is 5.92 Å². The molecule has 1 aromatic rings. The minimum Gasteiger partial charge on any atom is -0.454 e. The van der Waals surface area contributed by atoms with Gasteiger partial charge in [-0.2, -0.15) is 5.26 Å². The molecule has 4 unspecified atom stereocenters. The van der Waals surface area contributed by atoms with E-state index in [4.69, 9.17) is 9.47 Å². The SMILES string of the molecule is CN1C(=O)C2(CC(C#N)C(c3ccc4c(c3)OCO4)N2C)SC1(C)C=O. The van der Waals surface area contributed by atoms with E-state index in [1.807, 2.05) is 30.1 Å². The van der Waals surface area contributed by atoms with Crippen LogP contribution in [0.5, 0.6) is 11.5 Å². The van der Waals surface area contributed by atoms with Gasteiger partial charge in [-0.25, -0.2) is 0 Å². The molecular weight excluding hydrogens is 354 g/mol. The molecule has 7 nitrogen and oxygen atoms in total. The summed E-state index contributed by atoms with van der Waals surface area (Å²) in [5.74, 6) is 0.813. The molecule has 8 heteroatoms. The molecule has 0 bridgehead atoms. The van der Waals surface area contributed by atoms with Gasteiger partial charge in [0.25, 0.3) is 5.91 Å². The molecule has 3 aliphatic rings. The second kappa shape index (κ2) is 5.63. The predicted octanol–water partition coefficient (Wildman–Crippen LogP) is 1.75. The number of rotatable bonds is 2. The Labute approximate surface area is 155 Å². The summed E-state index contributed by atoms with van der Waals surface area (Å²) < 4.78 is 10.8. The fraction of sp³-hybridized carbons (Fsp3) is 0.500. The molecule has 2 fully saturated rings. The summed E-state index contributed by atoms with van der Waals surface area (Å²) in [6.07, 6.45) is 1.17. The monoisotopic (exact) mass is 373 g/mol. The fourth-order valence-corrected chi connectivity index (χ4v) is 5.79. The molecule has 0 N–H and O–H groups in total. The van der Waals surface area contributed by atoms with Crippen molar-refractivity contribution in [3.63, 3.8) is 0 Å². The van der Waals surface area contributed by atoms with Crippen molar-refractivity contribution in [1.29, 1.82) is 5.26 Å². The van der Waals surface area contributed by atoms with E-state index in [0.29, 0.717) is 17.9 Å². The zero-order valence-electron chi connectivity index (χ0n) is 14.8. The van der Waals surface area contributed by atoms with E-state index in [9.17, 15) is 14.9 Å². The number of fused-ring (bicyclic) bond motifs is 1. The first-order chi connectivity index (χ1) is 12.4. The van der Waals surface area contributed by atoms with Gasteiger partial charge in [-0.05, 0) is 31.7 Å². The van der Waals surface area contributed by atoms with Crippen molar-refractivity contribution < 1.29 is 19.1 Å². The standard InChI is InChI=1S/C18H19N3O4S/c1-17(9-22)21(3)16(23)18(26-17)7-12(8-19)15(20(18)2)11-4-5-13-14(6-11)25-10-24-13/h4-6,9,12,15H,7,10H2,1-3H3. The molecule has 136 valence electrons. The van der Waals surface area contributed by atoms with Crippen molar-refractivity contribution in [1.82, 2.24) is 9.80 Å². The van der Waals surface area contributed by atoms with Gasteiger partial charge in [0.2, 0.25) is 6.79 Å². The molecule has 26 heavy (non-hydrogen) atoms. The molecule has 0 aliphatic carbocycles. The van der Waals surface area contributed by atoms with Crippen LogP contribution in [0.2, 0.25) is 0 Å². The van der Waals surface area contributed by atoms with Crippen molar-refractivity contribution >= 4 is 24.0 Å². The Bertz CT molecular complexity index is 840. The summed E-state index contributed by atoms with van der Waals surface area (Å²) in [5, 5.41) is 9.76. The zero-order valence-corrected chi connectivity index (χ0v) is 15.6. The highest BCUT2D eigenvalue weighted by atomic mass is 32.2. The van der Waals surface area contributed by atoms with Crippen LogP contribution in [0.25, 0.3) is 0 Å². The van der Waals surface area contributed by atoms with Crippen LogP contribution in [-0.2, 0) is 9.59 Å². The highest BCUT2D eigenvalue weighted by molar-refractivity contribution is 8.03. The molecule has 1 amide bonds. The lowest BCUT2D eigenvalue weighted by molar-refractivity contribution is -0.138.